The molecule has 0 radical (unpaired) electrons. The van der Waals surface area contributed by atoms with Crippen LogP contribution in [0, 0.1) is 0 Å². The van der Waals surface area contributed by atoms with Crippen LogP contribution < -0.4 is 0 Å². The van der Waals surface area contributed by atoms with Gasteiger partial charge in [0.25, 0.3) is 0 Å². The van der Waals surface area contributed by atoms with Crippen LogP contribution in [0.2, 0.25) is 0 Å². The first-order valence-corrected chi connectivity index (χ1v) is 6.47. The maximum Gasteiger partial charge on any atom is 0.135 e. The number of rotatable bonds is 0. The van der Waals surface area contributed by atoms with Crippen LogP contribution in [0.4, 0.5) is 0 Å². The summed E-state index contributed by atoms with van der Waals surface area (Å²) in [6, 6.07) is 21.3. The van der Waals surface area contributed by atoms with Crippen molar-refractivity contribution in [1.29, 1.82) is 0 Å². The Morgan fingerprint density at radius 2 is 1.32 bits per heavy atom. The Hall–Kier alpha value is -2.54. The normalized spacial score (nSPS) is 12.2. The van der Waals surface area contributed by atoms with Crippen molar-refractivity contribution in [3.8, 4) is 0 Å². The van der Waals surface area contributed by atoms with Gasteiger partial charge in [-0.15, -0.1) is 0 Å². The number of benzene rings is 4. The predicted molar refractivity (Wildman–Crippen MR) is 79.9 cm³/mol. The van der Waals surface area contributed by atoms with Crippen LogP contribution in [0.1, 0.15) is 0 Å². The van der Waals surface area contributed by atoms with Gasteiger partial charge in [-0.2, -0.15) is 0 Å². The molecular weight excluding hydrogens is 232 g/mol. The number of hydrogen-bond acceptors (Lipinski definition) is 1. The van der Waals surface area contributed by atoms with Gasteiger partial charge in [-0.1, -0.05) is 42.5 Å². The molecule has 19 heavy (non-hydrogen) atoms. The molecular formula is C18H10O. The lowest BCUT2D eigenvalue weighted by Gasteiger charge is -2.13. The fraction of sp³-hybridized carbons (Fsp3) is 0. The molecule has 0 saturated heterocycles. The van der Waals surface area contributed by atoms with Crippen LogP contribution in [0.3, 0.4) is 0 Å². The van der Waals surface area contributed by atoms with E-state index >= 15 is 0 Å². The summed E-state index contributed by atoms with van der Waals surface area (Å²) < 4.78 is 5.92. The molecule has 1 aromatic heterocycles. The van der Waals surface area contributed by atoms with Crippen molar-refractivity contribution in [2.45, 2.75) is 0 Å². The maximum atomic E-state index is 5.92. The van der Waals surface area contributed by atoms with Crippen LogP contribution in [0.15, 0.2) is 65.1 Å². The first-order chi connectivity index (χ1) is 9.42. The molecule has 1 nitrogen and oxygen atoms in total. The molecule has 5 rings (SSSR count). The molecule has 0 saturated carbocycles. The van der Waals surface area contributed by atoms with Crippen molar-refractivity contribution < 1.29 is 4.42 Å². The molecule has 0 aliphatic carbocycles. The third-order valence-corrected chi connectivity index (χ3v) is 4.02. The SMILES string of the molecule is c1ccc2c(c1)c1ccc3cc1c1c(cccc21)o3. The molecule has 5 aromatic rings. The van der Waals surface area contributed by atoms with Crippen molar-refractivity contribution in [3.05, 3.63) is 60.7 Å². The molecule has 1 heterocycles. The highest BCUT2D eigenvalue weighted by Crippen LogP contribution is 2.39. The number of hydrogen-bond donors (Lipinski definition) is 0. The van der Waals surface area contributed by atoms with E-state index in [4.69, 9.17) is 4.42 Å². The van der Waals surface area contributed by atoms with Crippen molar-refractivity contribution in [3.63, 3.8) is 0 Å². The largest absolute Gasteiger partial charge is 0.457 e. The zero-order valence-electron chi connectivity index (χ0n) is 10.2. The van der Waals surface area contributed by atoms with Gasteiger partial charge in [0.15, 0.2) is 0 Å². The first-order valence-electron chi connectivity index (χ1n) is 6.47. The molecule has 4 aromatic carbocycles. The van der Waals surface area contributed by atoms with Gasteiger partial charge in [0.1, 0.15) is 11.2 Å². The molecule has 0 spiro atoms. The van der Waals surface area contributed by atoms with Crippen molar-refractivity contribution in [2.24, 2.45) is 0 Å². The van der Waals surface area contributed by atoms with Gasteiger partial charge in [-0.25, -0.2) is 0 Å². The summed E-state index contributed by atoms with van der Waals surface area (Å²) in [5.41, 5.74) is 1.91. The Morgan fingerprint density at radius 1 is 0.579 bits per heavy atom. The van der Waals surface area contributed by atoms with E-state index in [1.807, 2.05) is 0 Å². The molecule has 88 valence electrons. The van der Waals surface area contributed by atoms with Crippen LogP contribution in [-0.2, 0) is 0 Å². The lowest BCUT2D eigenvalue weighted by molar-refractivity contribution is 0.658. The van der Waals surface area contributed by atoms with Crippen LogP contribution in [-0.4, -0.2) is 0 Å². The molecule has 0 atom stereocenters. The highest BCUT2D eigenvalue weighted by atomic mass is 16.3. The van der Waals surface area contributed by atoms with E-state index in [0.29, 0.717) is 0 Å². The summed E-state index contributed by atoms with van der Waals surface area (Å²) in [5, 5.41) is 7.73. The van der Waals surface area contributed by atoms with Crippen LogP contribution in [0.5, 0.6) is 0 Å². The number of fused-ring (bicyclic) bond motifs is 4. The average molecular weight is 242 g/mol. The molecule has 2 bridgehead atoms. The van der Waals surface area contributed by atoms with Gasteiger partial charge < -0.3 is 4.42 Å². The van der Waals surface area contributed by atoms with E-state index in [2.05, 4.69) is 60.7 Å². The van der Waals surface area contributed by atoms with E-state index in [-0.39, 0.29) is 0 Å². The summed E-state index contributed by atoms with van der Waals surface area (Å²) in [5.74, 6) is 0. The fourth-order valence-electron chi connectivity index (χ4n) is 3.23. The highest BCUT2D eigenvalue weighted by Gasteiger charge is 2.12. The molecule has 0 aliphatic heterocycles. The first kappa shape index (κ1) is 9.40. The van der Waals surface area contributed by atoms with Crippen molar-refractivity contribution in [2.75, 3.05) is 0 Å². The lowest BCUT2D eigenvalue weighted by Crippen LogP contribution is -1.86. The van der Waals surface area contributed by atoms with E-state index < -0.39 is 0 Å². The molecule has 0 unspecified atom stereocenters. The predicted octanol–water partition coefficient (Wildman–Crippen LogP) is 5.33. The quantitative estimate of drug-likeness (QED) is 0.264. The van der Waals surface area contributed by atoms with Gasteiger partial charge in [0.05, 0.1) is 0 Å². The van der Waals surface area contributed by atoms with Crippen molar-refractivity contribution in [1.82, 2.24) is 0 Å². The second kappa shape index (κ2) is 3.07. The molecule has 0 amide bonds. The minimum absolute atomic E-state index is 0.933. The third-order valence-electron chi connectivity index (χ3n) is 4.02. The minimum atomic E-state index is 0.933. The van der Waals surface area contributed by atoms with E-state index in [1.165, 1.54) is 32.3 Å². The van der Waals surface area contributed by atoms with E-state index in [0.717, 1.165) is 11.2 Å². The standard InChI is InChI=1S/C18H10O/c1-2-5-13-12(4-1)14-9-8-11-10-16(14)18-15(13)6-3-7-17(18)19-11/h1-10H. The molecule has 0 fully saturated rings. The summed E-state index contributed by atoms with van der Waals surface area (Å²) in [6.07, 6.45) is 0. The molecule has 0 aliphatic rings. The van der Waals surface area contributed by atoms with Crippen LogP contribution in [0.25, 0.3) is 43.5 Å². The van der Waals surface area contributed by atoms with E-state index in [9.17, 15) is 0 Å². The summed E-state index contributed by atoms with van der Waals surface area (Å²) >= 11 is 0. The lowest BCUT2D eigenvalue weighted by atomic mass is 9.93. The summed E-state index contributed by atoms with van der Waals surface area (Å²) in [4.78, 5) is 0. The Balaban J connectivity index is 2.33. The smallest absolute Gasteiger partial charge is 0.135 e. The maximum absolute atomic E-state index is 5.92. The van der Waals surface area contributed by atoms with Crippen molar-refractivity contribution >= 4 is 43.5 Å². The second-order valence-corrected chi connectivity index (χ2v) is 5.03. The zero-order chi connectivity index (χ0) is 12.4. The molecule has 1 heteroatoms. The summed E-state index contributed by atoms with van der Waals surface area (Å²) in [6.45, 7) is 0. The Bertz CT molecular complexity index is 1030. The van der Waals surface area contributed by atoms with Gasteiger partial charge in [-0.3, -0.25) is 0 Å². The average Bonchev–Trinajstić information content (AvgIpc) is 2.47. The Morgan fingerprint density at radius 3 is 2.21 bits per heavy atom. The summed E-state index contributed by atoms with van der Waals surface area (Å²) in [7, 11) is 0. The zero-order valence-corrected chi connectivity index (χ0v) is 10.2. The van der Waals surface area contributed by atoms with Gasteiger partial charge in [-0.05, 0) is 45.1 Å². The Labute approximate surface area is 109 Å². The Kier molecular flexibility index (Phi) is 1.52. The van der Waals surface area contributed by atoms with Gasteiger partial charge in [0, 0.05) is 5.39 Å². The highest BCUT2D eigenvalue weighted by molar-refractivity contribution is 6.29. The van der Waals surface area contributed by atoms with Gasteiger partial charge in [0.2, 0.25) is 0 Å². The monoisotopic (exact) mass is 242 g/mol. The third kappa shape index (κ3) is 1.06. The fourth-order valence-corrected chi connectivity index (χ4v) is 3.23. The van der Waals surface area contributed by atoms with E-state index in [1.54, 1.807) is 0 Å². The minimum Gasteiger partial charge on any atom is -0.457 e. The van der Waals surface area contributed by atoms with Crippen LogP contribution >= 0.6 is 0 Å². The second-order valence-electron chi connectivity index (χ2n) is 5.03. The molecule has 0 N–H and O–H groups in total. The topological polar surface area (TPSA) is 13.1 Å². The van der Waals surface area contributed by atoms with Gasteiger partial charge >= 0.3 is 0 Å².